The molecule has 0 aliphatic carbocycles. The SMILES string of the molecule is OCC1CCCN1CCCCNC1CCN2CCCC2C1. The van der Waals surface area contributed by atoms with Crippen molar-refractivity contribution in [3.63, 3.8) is 0 Å². The van der Waals surface area contributed by atoms with E-state index in [0.29, 0.717) is 12.6 Å². The lowest BCUT2D eigenvalue weighted by atomic mass is 9.97. The molecular weight excluding hydrogens is 262 g/mol. The van der Waals surface area contributed by atoms with Gasteiger partial charge in [-0.2, -0.15) is 0 Å². The van der Waals surface area contributed by atoms with Crippen molar-refractivity contribution in [2.45, 2.75) is 69.5 Å². The van der Waals surface area contributed by atoms with Gasteiger partial charge in [0.05, 0.1) is 6.61 Å². The Bertz CT molecular complexity index is 312. The number of piperidine rings is 1. The van der Waals surface area contributed by atoms with E-state index in [9.17, 15) is 5.11 Å². The molecule has 0 amide bonds. The van der Waals surface area contributed by atoms with Gasteiger partial charge in [-0.05, 0) is 84.1 Å². The van der Waals surface area contributed by atoms with Gasteiger partial charge in [0.1, 0.15) is 0 Å². The van der Waals surface area contributed by atoms with Crippen LogP contribution in [0.5, 0.6) is 0 Å². The first-order valence-corrected chi connectivity index (χ1v) is 9.19. The summed E-state index contributed by atoms with van der Waals surface area (Å²) in [7, 11) is 0. The minimum atomic E-state index is 0.345. The fourth-order valence-electron chi connectivity index (χ4n) is 4.55. The van der Waals surface area contributed by atoms with Crippen LogP contribution in [0.4, 0.5) is 0 Å². The van der Waals surface area contributed by atoms with Gasteiger partial charge in [-0.1, -0.05) is 0 Å². The lowest BCUT2D eigenvalue weighted by Gasteiger charge is -2.35. The Labute approximate surface area is 129 Å². The molecular formula is C17H33N3O. The van der Waals surface area contributed by atoms with Gasteiger partial charge in [0, 0.05) is 18.1 Å². The number of aliphatic hydroxyl groups is 1. The van der Waals surface area contributed by atoms with Crippen molar-refractivity contribution >= 4 is 0 Å². The first kappa shape index (κ1) is 15.7. The van der Waals surface area contributed by atoms with Crippen molar-refractivity contribution in [2.24, 2.45) is 0 Å². The summed E-state index contributed by atoms with van der Waals surface area (Å²) < 4.78 is 0. The Hall–Kier alpha value is -0.160. The van der Waals surface area contributed by atoms with Crippen LogP contribution < -0.4 is 5.32 Å². The molecule has 3 rings (SSSR count). The van der Waals surface area contributed by atoms with Crippen molar-refractivity contribution in [1.82, 2.24) is 15.1 Å². The Kier molecular flexibility index (Phi) is 5.92. The molecule has 0 radical (unpaired) electrons. The minimum Gasteiger partial charge on any atom is -0.395 e. The van der Waals surface area contributed by atoms with Gasteiger partial charge >= 0.3 is 0 Å². The number of nitrogens with zero attached hydrogens (tertiary/aromatic N) is 2. The lowest BCUT2D eigenvalue weighted by molar-refractivity contribution is 0.155. The van der Waals surface area contributed by atoms with Crippen LogP contribution in [0.15, 0.2) is 0 Å². The van der Waals surface area contributed by atoms with Crippen molar-refractivity contribution in [1.29, 1.82) is 0 Å². The molecule has 4 heteroatoms. The van der Waals surface area contributed by atoms with Crippen LogP contribution in [0.1, 0.15) is 51.4 Å². The van der Waals surface area contributed by atoms with Crippen LogP contribution in [0.3, 0.4) is 0 Å². The van der Waals surface area contributed by atoms with Crippen molar-refractivity contribution in [3.8, 4) is 0 Å². The van der Waals surface area contributed by atoms with E-state index in [4.69, 9.17) is 0 Å². The predicted octanol–water partition coefficient (Wildman–Crippen LogP) is 1.44. The van der Waals surface area contributed by atoms with E-state index < -0.39 is 0 Å². The third kappa shape index (κ3) is 4.19. The molecule has 3 aliphatic rings. The maximum atomic E-state index is 9.33. The number of nitrogens with one attached hydrogen (secondary N) is 1. The second-order valence-electron chi connectivity index (χ2n) is 7.23. The molecule has 0 saturated carbocycles. The van der Waals surface area contributed by atoms with Crippen LogP contribution in [0, 0.1) is 0 Å². The molecule has 4 nitrogen and oxygen atoms in total. The quantitative estimate of drug-likeness (QED) is 0.697. The summed E-state index contributed by atoms with van der Waals surface area (Å²) in [4.78, 5) is 5.18. The summed E-state index contributed by atoms with van der Waals surface area (Å²) in [5, 5.41) is 13.1. The minimum absolute atomic E-state index is 0.345. The highest BCUT2D eigenvalue weighted by Crippen LogP contribution is 2.26. The fraction of sp³-hybridized carbons (Fsp3) is 1.00. The summed E-state index contributed by atoms with van der Waals surface area (Å²) >= 11 is 0. The molecule has 21 heavy (non-hydrogen) atoms. The van der Waals surface area contributed by atoms with Crippen LogP contribution in [-0.2, 0) is 0 Å². The second-order valence-corrected chi connectivity index (χ2v) is 7.23. The standard InChI is InChI=1S/C17H33N3O/c21-14-17-6-4-10-19(17)9-2-1-8-18-15-7-12-20-11-3-5-16(20)13-15/h15-18,21H,1-14H2. The number of unbranched alkanes of at least 4 members (excludes halogenated alkanes) is 1. The van der Waals surface area contributed by atoms with Gasteiger partial charge in [-0.25, -0.2) is 0 Å². The van der Waals surface area contributed by atoms with Crippen LogP contribution in [-0.4, -0.2) is 72.4 Å². The normalized spacial score (nSPS) is 34.4. The predicted molar refractivity (Wildman–Crippen MR) is 86.5 cm³/mol. The third-order valence-electron chi connectivity index (χ3n) is 5.84. The van der Waals surface area contributed by atoms with Crippen LogP contribution >= 0.6 is 0 Å². The van der Waals surface area contributed by atoms with E-state index in [2.05, 4.69) is 15.1 Å². The van der Waals surface area contributed by atoms with Crippen molar-refractivity contribution in [2.75, 3.05) is 39.3 Å². The zero-order valence-electron chi connectivity index (χ0n) is 13.5. The van der Waals surface area contributed by atoms with E-state index in [1.807, 2.05) is 0 Å². The summed E-state index contributed by atoms with van der Waals surface area (Å²) in [5.41, 5.74) is 0. The largest absolute Gasteiger partial charge is 0.395 e. The van der Waals surface area contributed by atoms with E-state index in [1.54, 1.807) is 0 Å². The Morgan fingerprint density at radius 3 is 2.81 bits per heavy atom. The summed E-state index contributed by atoms with van der Waals surface area (Å²) in [5.74, 6) is 0. The fourth-order valence-corrected chi connectivity index (χ4v) is 4.55. The van der Waals surface area contributed by atoms with Gasteiger partial charge in [-0.3, -0.25) is 4.90 Å². The Morgan fingerprint density at radius 2 is 1.90 bits per heavy atom. The van der Waals surface area contributed by atoms with Gasteiger partial charge in [0.15, 0.2) is 0 Å². The molecule has 122 valence electrons. The van der Waals surface area contributed by atoms with E-state index in [1.165, 1.54) is 84.1 Å². The first-order valence-electron chi connectivity index (χ1n) is 9.19. The zero-order valence-corrected chi connectivity index (χ0v) is 13.5. The maximum Gasteiger partial charge on any atom is 0.0586 e. The number of fused-ring (bicyclic) bond motifs is 1. The molecule has 3 heterocycles. The molecule has 3 fully saturated rings. The maximum absolute atomic E-state index is 9.33. The van der Waals surface area contributed by atoms with Crippen molar-refractivity contribution in [3.05, 3.63) is 0 Å². The first-order chi connectivity index (χ1) is 10.4. The van der Waals surface area contributed by atoms with Gasteiger partial charge in [0.2, 0.25) is 0 Å². The van der Waals surface area contributed by atoms with E-state index in [-0.39, 0.29) is 0 Å². The Morgan fingerprint density at radius 1 is 1.00 bits per heavy atom. The topological polar surface area (TPSA) is 38.7 Å². The molecule has 3 aliphatic heterocycles. The third-order valence-corrected chi connectivity index (χ3v) is 5.84. The van der Waals surface area contributed by atoms with Gasteiger partial charge in [-0.15, -0.1) is 0 Å². The van der Waals surface area contributed by atoms with Gasteiger partial charge in [0.25, 0.3) is 0 Å². The Balaban J connectivity index is 1.25. The molecule has 0 aromatic heterocycles. The number of hydrogen-bond acceptors (Lipinski definition) is 4. The molecule has 2 N–H and O–H groups in total. The van der Waals surface area contributed by atoms with Crippen molar-refractivity contribution < 1.29 is 5.11 Å². The summed E-state index contributed by atoms with van der Waals surface area (Å²) in [6.07, 6.45) is 10.6. The molecule has 0 aromatic rings. The average molecular weight is 295 g/mol. The lowest BCUT2D eigenvalue weighted by Crippen LogP contribution is -2.45. The highest BCUT2D eigenvalue weighted by molar-refractivity contribution is 4.89. The summed E-state index contributed by atoms with van der Waals surface area (Å²) in [6, 6.07) is 2.09. The number of likely N-dealkylation sites (tertiary alicyclic amines) is 1. The van der Waals surface area contributed by atoms with Crippen LogP contribution in [0.25, 0.3) is 0 Å². The number of rotatable bonds is 7. The number of hydrogen-bond donors (Lipinski definition) is 2. The highest BCUT2D eigenvalue weighted by Gasteiger charge is 2.31. The van der Waals surface area contributed by atoms with Gasteiger partial charge < -0.3 is 15.3 Å². The highest BCUT2D eigenvalue weighted by atomic mass is 16.3. The molecule has 3 atom stereocenters. The molecule has 3 saturated heterocycles. The smallest absolute Gasteiger partial charge is 0.0586 e. The monoisotopic (exact) mass is 295 g/mol. The zero-order chi connectivity index (χ0) is 14.5. The molecule has 0 spiro atoms. The average Bonchev–Trinajstić information content (AvgIpc) is 3.14. The molecule has 0 aromatic carbocycles. The molecule has 0 bridgehead atoms. The number of aliphatic hydroxyl groups excluding tert-OH is 1. The molecule has 3 unspecified atom stereocenters. The van der Waals surface area contributed by atoms with E-state index >= 15 is 0 Å². The summed E-state index contributed by atoms with van der Waals surface area (Å²) in [6.45, 7) is 6.55. The van der Waals surface area contributed by atoms with E-state index in [0.717, 1.165) is 12.1 Å². The second kappa shape index (κ2) is 7.91. The van der Waals surface area contributed by atoms with Crippen LogP contribution in [0.2, 0.25) is 0 Å².